The van der Waals surface area contributed by atoms with Gasteiger partial charge in [-0.15, -0.1) is 13.2 Å². The van der Waals surface area contributed by atoms with E-state index in [9.17, 15) is 27.6 Å². The van der Waals surface area contributed by atoms with Gasteiger partial charge in [-0.25, -0.2) is 0 Å². The molecule has 0 bridgehead atoms. The standard InChI is InChI=1S/C26H23ClF3N3O5/c1-37-14-13-32-12-2-3-21(24(32)35)33-15-20(16-4-8-18(27)9-5-16)22(25(33)36)31-23(34)17-6-10-19(11-7-17)38-26(28,29)30/h2-12,20,22H,13-15H2,1H3,(H,31,34)/t20-,22-/m0/s1. The van der Waals surface area contributed by atoms with Gasteiger partial charge in [0.25, 0.3) is 11.5 Å². The van der Waals surface area contributed by atoms with Crippen LogP contribution < -0.4 is 20.5 Å². The molecule has 1 fully saturated rings. The van der Waals surface area contributed by atoms with E-state index in [1.807, 2.05) is 0 Å². The number of pyridine rings is 1. The Hall–Kier alpha value is -3.83. The summed E-state index contributed by atoms with van der Waals surface area (Å²) < 4.78 is 47.7. The highest BCUT2D eigenvalue weighted by atomic mass is 35.5. The molecule has 2 amide bonds. The van der Waals surface area contributed by atoms with E-state index in [0.717, 1.165) is 24.3 Å². The second kappa shape index (κ2) is 11.3. The van der Waals surface area contributed by atoms with Crippen molar-refractivity contribution < 1.29 is 32.2 Å². The fourth-order valence-electron chi connectivity index (χ4n) is 4.25. The molecule has 38 heavy (non-hydrogen) atoms. The number of hydrogen-bond donors (Lipinski definition) is 1. The van der Waals surface area contributed by atoms with Gasteiger partial charge >= 0.3 is 6.36 Å². The van der Waals surface area contributed by atoms with Crippen molar-refractivity contribution in [1.82, 2.24) is 9.88 Å². The van der Waals surface area contributed by atoms with Gasteiger partial charge in [0.05, 0.1) is 6.61 Å². The van der Waals surface area contributed by atoms with Crippen LogP contribution in [0.15, 0.2) is 71.7 Å². The molecule has 2 aromatic carbocycles. The molecule has 12 heteroatoms. The van der Waals surface area contributed by atoms with Crippen molar-refractivity contribution in [1.29, 1.82) is 0 Å². The van der Waals surface area contributed by atoms with Crippen LogP contribution in [0.2, 0.25) is 5.02 Å². The first-order valence-electron chi connectivity index (χ1n) is 11.5. The molecule has 8 nitrogen and oxygen atoms in total. The van der Waals surface area contributed by atoms with Crippen LogP contribution >= 0.6 is 11.6 Å². The Balaban J connectivity index is 1.62. The maximum atomic E-state index is 13.6. The highest BCUT2D eigenvalue weighted by Gasteiger charge is 2.43. The molecule has 0 radical (unpaired) electrons. The van der Waals surface area contributed by atoms with Crippen molar-refractivity contribution in [2.45, 2.75) is 24.9 Å². The summed E-state index contributed by atoms with van der Waals surface area (Å²) in [5.41, 5.74) is 0.500. The lowest BCUT2D eigenvalue weighted by Crippen LogP contribution is -2.44. The first kappa shape index (κ1) is 27.2. The molecule has 2 heterocycles. The summed E-state index contributed by atoms with van der Waals surface area (Å²) in [7, 11) is 1.51. The Bertz CT molecular complexity index is 1360. The molecule has 4 rings (SSSR count). The van der Waals surface area contributed by atoms with E-state index in [1.165, 1.54) is 22.6 Å². The zero-order chi connectivity index (χ0) is 27.4. The van der Waals surface area contributed by atoms with Gasteiger partial charge in [-0.1, -0.05) is 23.7 Å². The molecule has 0 aliphatic carbocycles. The fraction of sp³-hybridized carbons (Fsp3) is 0.269. The van der Waals surface area contributed by atoms with Gasteiger partial charge in [0.15, 0.2) is 0 Å². The number of methoxy groups -OCH3 is 1. The predicted octanol–water partition coefficient (Wildman–Crippen LogP) is 3.98. The third-order valence-electron chi connectivity index (χ3n) is 6.08. The Morgan fingerprint density at radius 2 is 1.76 bits per heavy atom. The van der Waals surface area contributed by atoms with E-state index in [4.69, 9.17) is 16.3 Å². The van der Waals surface area contributed by atoms with Crippen molar-refractivity contribution in [2.75, 3.05) is 25.2 Å². The van der Waals surface area contributed by atoms with Gasteiger partial charge < -0.3 is 24.3 Å². The van der Waals surface area contributed by atoms with Crippen molar-refractivity contribution >= 4 is 29.1 Å². The Labute approximate surface area is 220 Å². The van der Waals surface area contributed by atoms with Gasteiger partial charge in [0.2, 0.25) is 5.91 Å². The van der Waals surface area contributed by atoms with Gasteiger partial charge in [0, 0.05) is 42.9 Å². The van der Waals surface area contributed by atoms with Crippen LogP contribution in [0.4, 0.5) is 18.9 Å². The second-order valence-corrected chi connectivity index (χ2v) is 8.95. The van der Waals surface area contributed by atoms with Gasteiger partial charge in [-0.2, -0.15) is 0 Å². The number of carbonyl (C=O) groups excluding carboxylic acids is 2. The summed E-state index contributed by atoms with van der Waals surface area (Å²) >= 11 is 6.02. The van der Waals surface area contributed by atoms with E-state index in [0.29, 0.717) is 23.7 Å². The maximum Gasteiger partial charge on any atom is 0.573 e. The van der Waals surface area contributed by atoms with Crippen LogP contribution in [0.1, 0.15) is 21.8 Å². The summed E-state index contributed by atoms with van der Waals surface area (Å²) in [5, 5.41) is 3.18. The molecular weight excluding hydrogens is 527 g/mol. The molecule has 1 saturated heterocycles. The lowest BCUT2D eigenvalue weighted by molar-refractivity contribution is -0.274. The molecule has 3 aromatic rings. The Kier molecular flexibility index (Phi) is 8.08. The van der Waals surface area contributed by atoms with Crippen LogP contribution in [-0.2, 0) is 16.1 Å². The van der Waals surface area contributed by atoms with Crippen LogP contribution in [0, 0.1) is 0 Å². The van der Waals surface area contributed by atoms with Crippen molar-refractivity contribution in [2.24, 2.45) is 0 Å². The predicted molar refractivity (Wildman–Crippen MR) is 134 cm³/mol. The summed E-state index contributed by atoms with van der Waals surface area (Å²) in [6, 6.07) is 13.2. The summed E-state index contributed by atoms with van der Waals surface area (Å²) in [6.07, 6.45) is -3.28. The molecular formula is C26H23ClF3N3O5. The maximum absolute atomic E-state index is 13.6. The molecule has 1 aromatic heterocycles. The van der Waals surface area contributed by atoms with Gasteiger partial charge in [-0.05, 0) is 54.1 Å². The number of nitrogens with one attached hydrogen (secondary N) is 1. The third kappa shape index (κ3) is 6.17. The summed E-state index contributed by atoms with van der Waals surface area (Å²) in [4.78, 5) is 41.0. The molecule has 1 N–H and O–H groups in total. The van der Waals surface area contributed by atoms with E-state index in [1.54, 1.807) is 36.5 Å². The number of nitrogens with zero attached hydrogens (tertiary/aromatic N) is 2. The summed E-state index contributed by atoms with van der Waals surface area (Å²) in [6.45, 7) is 0.698. The normalized spacial score (nSPS) is 17.5. The average Bonchev–Trinajstić information content (AvgIpc) is 3.19. The molecule has 1 aliphatic heterocycles. The lowest BCUT2D eigenvalue weighted by Gasteiger charge is -2.19. The number of alkyl halides is 3. The van der Waals surface area contributed by atoms with E-state index < -0.39 is 35.9 Å². The minimum absolute atomic E-state index is 0.0299. The fourth-order valence-corrected chi connectivity index (χ4v) is 4.37. The van der Waals surface area contributed by atoms with E-state index in [-0.39, 0.29) is 23.4 Å². The largest absolute Gasteiger partial charge is 0.573 e. The zero-order valence-corrected chi connectivity index (χ0v) is 20.8. The monoisotopic (exact) mass is 549 g/mol. The summed E-state index contributed by atoms with van der Waals surface area (Å²) in [5.74, 6) is -2.20. The average molecular weight is 550 g/mol. The van der Waals surface area contributed by atoms with Crippen LogP contribution in [0.5, 0.6) is 5.75 Å². The number of anilines is 1. The highest BCUT2D eigenvalue weighted by molar-refractivity contribution is 6.30. The first-order chi connectivity index (χ1) is 18.1. The third-order valence-corrected chi connectivity index (χ3v) is 6.33. The number of rotatable bonds is 8. The number of aromatic nitrogens is 1. The smallest absolute Gasteiger partial charge is 0.406 e. The van der Waals surface area contributed by atoms with Crippen molar-refractivity contribution in [3.05, 3.63) is 93.4 Å². The van der Waals surface area contributed by atoms with E-state index >= 15 is 0 Å². The van der Waals surface area contributed by atoms with Crippen molar-refractivity contribution in [3.63, 3.8) is 0 Å². The molecule has 2 atom stereocenters. The van der Waals surface area contributed by atoms with Gasteiger partial charge in [0.1, 0.15) is 17.5 Å². The Morgan fingerprint density at radius 1 is 1.08 bits per heavy atom. The zero-order valence-electron chi connectivity index (χ0n) is 20.1. The first-order valence-corrected chi connectivity index (χ1v) is 11.9. The molecule has 200 valence electrons. The lowest BCUT2D eigenvalue weighted by atomic mass is 9.94. The van der Waals surface area contributed by atoms with Crippen LogP contribution in [0.25, 0.3) is 0 Å². The molecule has 0 spiro atoms. The van der Waals surface area contributed by atoms with Crippen molar-refractivity contribution in [3.8, 4) is 5.75 Å². The molecule has 1 aliphatic rings. The van der Waals surface area contributed by atoms with E-state index in [2.05, 4.69) is 10.1 Å². The van der Waals surface area contributed by atoms with Crippen LogP contribution in [0.3, 0.4) is 0 Å². The minimum atomic E-state index is -4.87. The SMILES string of the molecule is COCCn1cccc(N2C[C@@H](c3ccc(Cl)cc3)[C@H](NC(=O)c3ccc(OC(F)(F)F)cc3)C2=O)c1=O. The number of hydrogen-bond acceptors (Lipinski definition) is 5. The number of halogens is 4. The van der Waals surface area contributed by atoms with Gasteiger partial charge in [-0.3, -0.25) is 14.4 Å². The number of benzene rings is 2. The Morgan fingerprint density at radius 3 is 2.39 bits per heavy atom. The quantitative estimate of drug-likeness (QED) is 0.459. The number of carbonyl (C=O) groups is 2. The molecule has 0 saturated carbocycles. The topological polar surface area (TPSA) is 89.9 Å². The minimum Gasteiger partial charge on any atom is -0.406 e. The molecule has 0 unspecified atom stereocenters. The number of ether oxygens (including phenoxy) is 2. The van der Waals surface area contributed by atoms with Crippen LogP contribution in [-0.4, -0.2) is 49.0 Å². The second-order valence-electron chi connectivity index (χ2n) is 8.51. The number of amides is 2. The highest BCUT2D eigenvalue weighted by Crippen LogP contribution is 2.32.